The lowest BCUT2D eigenvalue weighted by Gasteiger charge is -2.21. The highest BCUT2D eigenvalue weighted by Gasteiger charge is 2.19. The van der Waals surface area contributed by atoms with E-state index in [1.807, 2.05) is 6.92 Å². The number of halogens is 1. The lowest BCUT2D eigenvalue weighted by Crippen LogP contribution is -2.35. The van der Waals surface area contributed by atoms with Crippen LogP contribution >= 0.6 is 11.6 Å². The molecule has 0 heterocycles. The summed E-state index contributed by atoms with van der Waals surface area (Å²) in [5, 5.41) is 9.19. The maximum absolute atomic E-state index is 11.8. The van der Waals surface area contributed by atoms with Crippen LogP contribution in [0.25, 0.3) is 0 Å². The largest absolute Gasteiger partial charge is 0.480 e. The number of rotatable bonds is 5. The molecule has 0 aliphatic carbocycles. The third kappa shape index (κ3) is 3.75. The fraction of sp³-hybridized carbons (Fsp3) is 0.333. The van der Waals surface area contributed by atoms with Crippen LogP contribution in [0.4, 0.5) is 5.69 Å². The molecule has 92 valence electrons. The fourth-order valence-corrected chi connectivity index (χ4v) is 1.70. The molecule has 0 aliphatic heterocycles. The van der Waals surface area contributed by atoms with E-state index in [9.17, 15) is 9.59 Å². The first kappa shape index (κ1) is 13.5. The van der Waals surface area contributed by atoms with Gasteiger partial charge in [0.05, 0.1) is 10.7 Å². The summed E-state index contributed by atoms with van der Waals surface area (Å²) in [6.45, 7) is 1.49. The zero-order valence-corrected chi connectivity index (χ0v) is 10.3. The fourth-order valence-electron chi connectivity index (χ4n) is 1.46. The second-order valence-electron chi connectivity index (χ2n) is 3.58. The van der Waals surface area contributed by atoms with Crippen LogP contribution in [0.2, 0.25) is 5.02 Å². The molecule has 0 unspecified atom stereocenters. The first-order chi connectivity index (χ1) is 8.06. The van der Waals surface area contributed by atoms with Gasteiger partial charge in [-0.15, -0.1) is 0 Å². The van der Waals surface area contributed by atoms with E-state index >= 15 is 0 Å². The van der Waals surface area contributed by atoms with Gasteiger partial charge in [0, 0.05) is 6.42 Å². The van der Waals surface area contributed by atoms with Crippen molar-refractivity contribution in [2.75, 3.05) is 11.4 Å². The number of para-hydroxylation sites is 1. The summed E-state index contributed by atoms with van der Waals surface area (Å²) in [4.78, 5) is 23.8. The first-order valence-electron chi connectivity index (χ1n) is 5.33. The smallest absolute Gasteiger partial charge is 0.323 e. The average Bonchev–Trinajstić information content (AvgIpc) is 2.27. The maximum atomic E-state index is 11.8. The second-order valence-corrected chi connectivity index (χ2v) is 3.98. The molecule has 5 heteroatoms. The van der Waals surface area contributed by atoms with Gasteiger partial charge in [0.25, 0.3) is 0 Å². The molecule has 4 nitrogen and oxygen atoms in total. The molecule has 1 N–H and O–H groups in total. The third-order valence-electron chi connectivity index (χ3n) is 2.20. The Bertz CT molecular complexity index is 420. The van der Waals surface area contributed by atoms with Crippen LogP contribution < -0.4 is 4.90 Å². The summed E-state index contributed by atoms with van der Waals surface area (Å²) in [7, 11) is 0. The SMILES string of the molecule is CCCC(=O)N(CC(=O)O)c1ccccc1Cl. The Labute approximate surface area is 105 Å². The van der Waals surface area contributed by atoms with E-state index in [1.54, 1.807) is 24.3 Å². The van der Waals surface area contributed by atoms with Gasteiger partial charge in [-0.3, -0.25) is 14.5 Å². The number of hydrogen-bond acceptors (Lipinski definition) is 2. The second kappa shape index (κ2) is 6.25. The lowest BCUT2D eigenvalue weighted by molar-refractivity contribution is -0.136. The molecule has 0 saturated heterocycles. The van der Waals surface area contributed by atoms with Crippen LogP contribution in [-0.4, -0.2) is 23.5 Å². The van der Waals surface area contributed by atoms with Gasteiger partial charge in [0.2, 0.25) is 5.91 Å². The van der Waals surface area contributed by atoms with Gasteiger partial charge >= 0.3 is 5.97 Å². The quantitative estimate of drug-likeness (QED) is 0.880. The molecule has 1 rings (SSSR count). The Morgan fingerprint density at radius 2 is 2.00 bits per heavy atom. The minimum atomic E-state index is -1.06. The number of hydrogen-bond donors (Lipinski definition) is 1. The van der Waals surface area contributed by atoms with Crippen LogP contribution in [0.15, 0.2) is 24.3 Å². The van der Waals surface area contributed by atoms with E-state index < -0.39 is 5.97 Å². The van der Waals surface area contributed by atoms with Crippen molar-refractivity contribution in [1.82, 2.24) is 0 Å². The van der Waals surface area contributed by atoms with Gasteiger partial charge in [-0.1, -0.05) is 30.7 Å². The molecule has 0 aliphatic rings. The predicted octanol–water partition coefficient (Wildman–Crippen LogP) is 2.56. The summed E-state index contributed by atoms with van der Waals surface area (Å²) < 4.78 is 0. The van der Waals surface area contributed by atoms with Gasteiger partial charge in [-0.25, -0.2) is 0 Å². The number of nitrogens with zero attached hydrogens (tertiary/aromatic N) is 1. The molecule has 1 aromatic carbocycles. The number of carboxylic acid groups (broad SMARTS) is 1. The Balaban J connectivity index is 3.01. The summed E-state index contributed by atoms with van der Waals surface area (Å²) in [5.74, 6) is -1.29. The maximum Gasteiger partial charge on any atom is 0.323 e. The number of carbonyl (C=O) groups excluding carboxylic acids is 1. The van der Waals surface area contributed by atoms with Crippen LogP contribution in [0.1, 0.15) is 19.8 Å². The van der Waals surface area contributed by atoms with Crippen LogP contribution in [0.5, 0.6) is 0 Å². The van der Waals surface area contributed by atoms with Crippen LogP contribution in [0, 0.1) is 0 Å². The Morgan fingerprint density at radius 1 is 1.35 bits per heavy atom. The molecule has 0 saturated carbocycles. The lowest BCUT2D eigenvalue weighted by atomic mass is 10.2. The number of anilines is 1. The van der Waals surface area contributed by atoms with Gasteiger partial charge in [-0.05, 0) is 18.6 Å². The van der Waals surface area contributed by atoms with E-state index in [0.717, 1.165) is 0 Å². The number of carbonyl (C=O) groups is 2. The molecular formula is C12H14ClNO3. The van der Waals surface area contributed by atoms with E-state index in [1.165, 1.54) is 4.90 Å². The molecule has 17 heavy (non-hydrogen) atoms. The van der Waals surface area contributed by atoms with E-state index in [2.05, 4.69) is 0 Å². The predicted molar refractivity (Wildman–Crippen MR) is 66.3 cm³/mol. The number of aliphatic carboxylic acids is 1. The van der Waals surface area contributed by atoms with Crippen molar-refractivity contribution in [3.8, 4) is 0 Å². The van der Waals surface area contributed by atoms with Crippen molar-refractivity contribution in [1.29, 1.82) is 0 Å². The van der Waals surface area contributed by atoms with Crippen molar-refractivity contribution in [2.24, 2.45) is 0 Å². The van der Waals surface area contributed by atoms with Crippen molar-refractivity contribution in [3.05, 3.63) is 29.3 Å². The summed E-state index contributed by atoms with van der Waals surface area (Å²) in [6.07, 6.45) is 0.970. The summed E-state index contributed by atoms with van der Waals surface area (Å²) in [6, 6.07) is 6.72. The summed E-state index contributed by atoms with van der Waals surface area (Å²) >= 11 is 5.96. The zero-order chi connectivity index (χ0) is 12.8. The van der Waals surface area contributed by atoms with Gasteiger partial charge in [0.1, 0.15) is 6.54 Å². The highest BCUT2D eigenvalue weighted by Crippen LogP contribution is 2.25. The van der Waals surface area contributed by atoms with Crippen LogP contribution in [-0.2, 0) is 9.59 Å². The van der Waals surface area contributed by atoms with Gasteiger partial charge in [0.15, 0.2) is 0 Å². The third-order valence-corrected chi connectivity index (χ3v) is 2.52. The zero-order valence-electron chi connectivity index (χ0n) is 9.52. The van der Waals surface area contributed by atoms with Crippen molar-refractivity contribution >= 4 is 29.2 Å². The number of amides is 1. The topological polar surface area (TPSA) is 57.6 Å². The van der Waals surface area contributed by atoms with E-state index in [-0.39, 0.29) is 12.5 Å². The van der Waals surface area contributed by atoms with E-state index in [4.69, 9.17) is 16.7 Å². The Hall–Kier alpha value is -1.55. The van der Waals surface area contributed by atoms with E-state index in [0.29, 0.717) is 23.6 Å². The highest BCUT2D eigenvalue weighted by atomic mass is 35.5. The molecule has 0 fully saturated rings. The van der Waals surface area contributed by atoms with Crippen molar-refractivity contribution in [3.63, 3.8) is 0 Å². The average molecular weight is 256 g/mol. The molecule has 1 amide bonds. The minimum Gasteiger partial charge on any atom is -0.480 e. The molecule has 1 aromatic rings. The summed E-state index contributed by atoms with van der Waals surface area (Å²) in [5.41, 5.74) is 0.440. The number of carboxylic acids is 1. The molecule has 0 bridgehead atoms. The first-order valence-corrected chi connectivity index (χ1v) is 5.70. The minimum absolute atomic E-state index is 0.233. The monoisotopic (exact) mass is 255 g/mol. The molecule has 0 atom stereocenters. The molecule has 0 spiro atoms. The van der Waals surface area contributed by atoms with Crippen LogP contribution in [0.3, 0.4) is 0 Å². The van der Waals surface area contributed by atoms with Gasteiger partial charge in [-0.2, -0.15) is 0 Å². The standard InChI is InChI=1S/C12H14ClNO3/c1-2-5-11(15)14(8-12(16)17)10-7-4-3-6-9(10)13/h3-4,6-7H,2,5,8H2,1H3,(H,16,17). The number of benzene rings is 1. The Kier molecular flexibility index (Phi) is 4.97. The van der Waals surface area contributed by atoms with Gasteiger partial charge < -0.3 is 5.11 Å². The van der Waals surface area contributed by atoms with Crippen molar-refractivity contribution < 1.29 is 14.7 Å². The molecular weight excluding hydrogens is 242 g/mol. The van der Waals surface area contributed by atoms with Crippen molar-refractivity contribution in [2.45, 2.75) is 19.8 Å². The molecule has 0 radical (unpaired) electrons. The Morgan fingerprint density at radius 3 is 2.53 bits per heavy atom. The highest BCUT2D eigenvalue weighted by molar-refractivity contribution is 6.33. The normalized spacial score (nSPS) is 10.0. The molecule has 0 aromatic heterocycles.